The van der Waals surface area contributed by atoms with Crippen molar-refractivity contribution in [2.75, 3.05) is 0 Å². The largest absolute Gasteiger partial charge is 0.523 e. The number of alkyl halides is 3. The third-order valence-corrected chi connectivity index (χ3v) is 7.67. The lowest BCUT2D eigenvalue weighted by atomic mass is 9.85. The third kappa shape index (κ3) is 16.1. The normalized spacial score (nSPS) is 13.0. The first-order valence-electron chi connectivity index (χ1n) is 13.7. The highest BCUT2D eigenvalue weighted by Crippen LogP contribution is 2.38. The highest BCUT2D eigenvalue weighted by molar-refractivity contribution is 7.87. The number of unbranched alkanes of at least 4 members (excludes halogenated alkanes) is 15. The Morgan fingerprint density at radius 3 is 1.06 bits per heavy atom. The Morgan fingerprint density at radius 1 is 0.515 bits per heavy atom. The van der Waals surface area contributed by atoms with E-state index in [1.807, 2.05) is 0 Å². The molecule has 0 saturated heterocycles. The highest BCUT2D eigenvalue weighted by Gasteiger charge is 2.51. The summed E-state index contributed by atoms with van der Waals surface area (Å²) < 4.78 is 68.9. The van der Waals surface area contributed by atoms with E-state index in [0.29, 0.717) is 38.5 Å². The summed E-state index contributed by atoms with van der Waals surface area (Å²) in [6.07, 6.45) is 19.3. The van der Waals surface area contributed by atoms with Crippen LogP contribution in [-0.2, 0) is 14.3 Å². The van der Waals surface area contributed by atoms with Crippen molar-refractivity contribution in [3.8, 4) is 0 Å². The molecular weight excluding hydrogens is 449 g/mol. The van der Waals surface area contributed by atoms with Crippen LogP contribution in [0.3, 0.4) is 0 Å². The fourth-order valence-electron chi connectivity index (χ4n) is 4.46. The molecule has 0 radical (unpaired) electrons. The van der Waals surface area contributed by atoms with Gasteiger partial charge < -0.3 is 0 Å². The standard InChI is InChI=1S/C26H51F3O3S/c1-4-7-10-13-16-19-22-25(23-20-17-14-11-8-5-2,24-21-18-15-12-9-6-3)32-33(30,31)26(27,28)29/h4-24H2,1-3H3. The van der Waals surface area contributed by atoms with Crippen LogP contribution in [-0.4, -0.2) is 19.5 Å². The molecule has 0 N–H and O–H groups in total. The second kappa shape index (κ2) is 19.0. The first-order chi connectivity index (χ1) is 15.6. The van der Waals surface area contributed by atoms with E-state index >= 15 is 0 Å². The molecule has 200 valence electrons. The molecule has 3 nitrogen and oxygen atoms in total. The van der Waals surface area contributed by atoms with Crippen molar-refractivity contribution in [2.45, 2.75) is 167 Å². The number of rotatable bonds is 23. The van der Waals surface area contributed by atoms with Crippen molar-refractivity contribution >= 4 is 10.1 Å². The van der Waals surface area contributed by atoms with Crippen molar-refractivity contribution in [2.24, 2.45) is 0 Å². The first kappa shape index (κ1) is 32.7. The average Bonchev–Trinajstić information content (AvgIpc) is 2.74. The molecule has 0 aliphatic carbocycles. The zero-order valence-corrected chi connectivity index (χ0v) is 22.4. The van der Waals surface area contributed by atoms with Crippen LogP contribution in [0, 0.1) is 0 Å². The molecule has 0 atom stereocenters. The third-order valence-electron chi connectivity index (χ3n) is 6.53. The van der Waals surface area contributed by atoms with Crippen molar-refractivity contribution < 1.29 is 25.8 Å². The zero-order chi connectivity index (χ0) is 25.1. The summed E-state index contributed by atoms with van der Waals surface area (Å²) in [5.41, 5.74) is -6.60. The van der Waals surface area contributed by atoms with Gasteiger partial charge in [0.05, 0.1) is 5.60 Å². The van der Waals surface area contributed by atoms with Crippen LogP contribution in [0.15, 0.2) is 0 Å². The van der Waals surface area contributed by atoms with Crippen molar-refractivity contribution in [3.05, 3.63) is 0 Å². The molecular formula is C26H51F3O3S. The van der Waals surface area contributed by atoms with Crippen LogP contribution in [0.4, 0.5) is 13.2 Å². The molecule has 33 heavy (non-hydrogen) atoms. The van der Waals surface area contributed by atoms with Crippen LogP contribution >= 0.6 is 0 Å². The number of halogens is 3. The molecule has 7 heteroatoms. The zero-order valence-electron chi connectivity index (χ0n) is 21.6. The van der Waals surface area contributed by atoms with Gasteiger partial charge in [0.1, 0.15) is 0 Å². The Labute approximate surface area is 202 Å². The van der Waals surface area contributed by atoms with E-state index < -0.39 is 21.2 Å². The van der Waals surface area contributed by atoms with Gasteiger partial charge in [0.2, 0.25) is 0 Å². The van der Waals surface area contributed by atoms with Gasteiger partial charge in [0.25, 0.3) is 0 Å². The maximum atomic E-state index is 13.2. The van der Waals surface area contributed by atoms with Gasteiger partial charge in [-0.25, -0.2) is 0 Å². The molecule has 0 heterocycles. The average molecular weight is 501 g/mol. The lowest BCUT2D eigenvalue weighted by Crippen LogP contribution is -2.40. The predicted molar refractivity (Wildman–Crippen MR) is 133 cm³/mol. The monoisotopic (exact) mass is 500 g/mol. The summed E-state index contributed by atoms with van der Waals surface area (Å²) in [6.45, 7) is 6.42. The van der Waals surface area contributed by atoms with Gasteiger partial charge in [-0.1, -0.05) is 136 Å². The Bertz CT molecular complexity index is 507. The van der Waals surface area contributed by atoms with Crippen LogP contribution in [0.5, 0.6) is 0 Å². The minimum Gasteiger partial charge on any atom is -0.257 e. The fraction of sp³-hybridized carbons (Fsp3) is 1.00. The molecule has 0 rings (SSSR count). The molecule has 0 fully saturated rings. The smallest absolute Gasteiger partial charge is 0.257 e. The quantitative estimate of drug-likeness (QED) is 0.0796. The van der Waals surface area contributed by atoms with E-state index in [1.54, 1.807) is 0 Å². The molecule has 0 bridgehead atoms. The van der Waals surface area contributed by atoms with E-state index in [1.165, 1.54) is 0 Å². The minimum absolute atomic E-state index is 0.387. The molecule has 0 aromatic carbocycles. The maximum absolute atomic E-state index is 13.2. The Hall–Kier alpha value is -0.300. The Balaban J connectivity index is 5.24. The molecule has 0 aliphatic rings. The summed E-state index contributed by atoms with van der Waals surface area (Å²) >= 11 is 0. The summed E-state index contributed by atoms with van der Waals surface area (Å²) in [7, 11) is -5.61. The van der Waals surface area contributed by atoms with E-state index in [2.05, 4.69) is 20.8 Å². The maximum Gasteiger partial charge on any atom is 0.523 e. The lowest BCUT2D eigenvalue weighted by molar-refractivity contribution is -0.0695. The van der Waals surface area contributed by atoms with E-state index in [9.17, 15) is 21.6 Å². The highest BCUT2D eigenvalue weighted by atomic mass is 32.2. The van der Waals surface area contributed by atoms with Gasteiger partial charge in [0, 0.05) is 0 Å². The molecule has 0 spiro atoms. The summed E-state index contributed by atoms with van der Waals surface area (Å²) in [6, 6.07) is 0. The van der Waals surface area contributed by atoms with Gasteiger partial charge in [-0.2, -0.15) is 21.6 Å². The van der Waals surface area contributed by atoms with Gasteiger partial charge in [0.15, 0.2) is 0 Å². The fourth-order valence-corrected chi connectivity index (χ4v) is 5.27. The van der Waals surface area contributed by atoms with Crippen LogP contribution in [0.25, 0.3) is 0 Å². The van der Waals surface area contributed by atoms with E-state index in [4.69, 9.17) is 4.18 Å². The Kier molecular flexibility index (Phi) is 18.8. The van der Waals surface area contributed by atoms with Crippen LogP contribution in [0.1, 0.15) is 156 Å². The second-order valence-electron chi connectivity index (χ2n) is 9.72. The molecule has 0 unspecified atom stereocenters. The van der Waals surface area contributed by atoms with E-state index in [0.717, 1.165) is 96.3 Å². The topological polar surface area (TPSA) is 43.4 Å². The summed E-state index contributed by atoms with van der Waals surface area (Å²) in [4.78, 5) is 0. The van der Waals surface area contributed by atoms with Crippen LogP contribution in [0.2, 0.25) is 0 Å². The lowest BCUT2D eigenvalue weighted by Gasteiger charge is -2.34. The van der Waals surface area contributed by atoms with Crippen molar-refractivity contribution in [1.82, 2.24) is 0 Å². The minimum atomic E-state index is -5.61. The molecule has 0 amide bonds. The number of hydrogen-bond acceptors (Lipinski definition) is 3. The molecule has 0 aromatic rings. The van der Waals surface area contributed by atoms with E-state index in [-0.39, 0.29) is 0 Å². The van der Waals surface area contributed by atoms with Crippen LogP contribution < -0.4 is 0 Å². The van der Waals surface area contributed by atoms with Crippen molar-refractivity contribution in [3.63, 3.8) is 0 Å². The second-order valence-corrected chi connectivity index (χ2v) is 11.3. The van der Waals surface area contributed by atoms with Gasteiger partial charge in [-0.3, -0.25) is 4.18 Å². The van der Waals surface area contributed by atoms with Crippen molar-refractivity contribution in [1.29, 1.82) is 0 Å². The Morgan fingerprint density at radius 2 is 0.788 bits per heavy atom. The molecule has 0 saturated carbocycles. The van der Waals surface area contributed by atoms with Gasteiger partial charge in [-0.15, -0.1) is 0 Å². The summed E-state index contributed by atoms with van der Waals surface area (Å²) in [5.74, 6) is 0. The predicted octanol–water partition coefficient (Wildman–Crippen LogP) is 9.84. The first-order valence-corrected chi connectivity index (χ1v) is 15.1. The SMILES string of the molecule is CCCCCCCCC(CCCCCCCC)(CCCCCCCC)OS(=O)(=O)C(F)(F)F. The summed E-state index contributed by atoms with van der Waals surface area (Å²) in [5, 5.41) is 0. The number of hydrogen-bond donors (Lipinski definition) is 0. The molecule has 0 aromatic heterocycles. The molecule has 0 aliphatic heterocycles. The van der Waals surface area contributed by atoms with Gasteiger partial charge >= 0.3 is 15.6 Å². The van der Waals surface area contributed by atoms with Gasteiger partial charge in [-0.05, 0) is 19.3 Å².